The number of nitrogens with zero attached hydrogens (tertiary/aromatic N) is 1. The van der Waals surface area contributed by atoms with Crippen LogP contribution < -0.4 is 15.8 Å². The summed E-state index contributed by atoms with van der Waals surface area (Å²) in [4.78, 5) is 2.30. The van der Waals surface area contributed by atoms with Crippen LogP contribution in [0.15, 0.2) is 59.7 Å². The molecule has 5 heteroatoms. The minimum atomic E-state index is -0.246. The molecule has 0 aromatic heterocycles. The lowest BCUT2D eigenvalue weighted by Gasteiger charge is -2.22. The zero-order valence-corrected chi connectivity index (χ0v) is 20.0. The van der Waals surface area contributed by atoms with Gasteiger partial charge in [0.1, 0.15) is 11.9 Å². The van der Waals surface area contributed by atoms with Gasteiger partial charge in [-0.1, -0.05) is 24.3 Å². The fraction of sp³-hybridized carbons (Fsp3) is 0.448. The number of ether oxygens (including phenoxy) is 1. The molecule has 0 spiro atoms. The summed E-state index contributed by atoms with van der Waals surface area (Å²) in [5.41, 5.74) is 15.2. The van der Waals surface area contributed by atoms with Crippen LogP contribution in [0.5, 0.6) is 5.75 Å². The van der Waals surface area contributed by atoms with Gasteiger partial charge < -0.3 is 15.8 Å². The SMILES string of the molecule is Nc1ccc2c(c1)CCCC(C1=CCNCC1)=C2c1ccc(OC2CCN(CCCF)C2)cc1. The van der Waals surface area contributed by atoms with Crippen LogP contribution >= 0.6 is 0 Å². The lowest BCUT2D eigenvalue weighted by Crippen LogP contribution is -2.26. The Labute approximate surface area is 202 Å². The van der Waals surface area contributed by atoms with Crippen LogP contribution in [0.3, 0.4) is 0 Å². The summed E-state index contributed by atoms with van der Waals surface area (Å²) in [6.45, 7) is 4.42. The van der Waals surface area contributed by atoms with Gasteiger partial charge in [0.2, 0.25) is 0 Å². The van der Waals surface area contributed by atoms with E-state index >= 15 is 0 Å². The number of nitrogens with two attached hydrogens (primary N) is 1. The molecule has 4 nitrogen and oxygen atoms in total. The number of hydrogen-bond donors (Lipinski definition) is 2. The van der Waals surface area contributed by atoms with E-state index in [1.165, 1.54) is 33.4 Å². The molecular weight excluding hydrogens is 425 g/mol. The molecule has 1 atom stereocenters. The van der Waals surface area contributed by atoms with Crippen molar-refractivity contribution in [3.05, 3.63) is 76.4 Å². The zero-order chi connectivity index (χ0) is 23.3. The quantitative estimate of drug-likeness (QED) is 0.561. The molecule has 1 saturated heterocycles. The largest absolute Gasteiger partial charge is 0.489 e. The number of fused-ring (bicyclic) bond motifs is 1. The molecule has 180 valence electrons. The highest BCUT2D eigenvalue weighted by atomic mass is 19.1. The van der Waals surface area contributed by atoms with Crippen molar-refractivity contribution < 1.29 is 9.13 Å². The Bertz CT molecular complexity index is 1060. The Kier molecular flexibility index (Phi) is 7.31. The molecule has 5 rings (SSSR count). The van der Waals surface area contributed by atoms with Crippen LogP contribution in [0.2, 0.25) is 0 Å². The fourth-order valence-electron chi connectivity index (χ4n) is 5.63. The smallest absolute Gasteiger partial charge is 0.119 e. The number of allylic oxidation sites excluding steroid dienone is 1. The summed E-state index contributed by atoms with van der Waals surface area (Å²) in [5, 5.41) is 3.45. The molecule has 2 aliphatic heterocycles. The van der Waals surface area contributed by atoms with Gasteiger partial charge in [-0.2, -0.15) is 0 Å². The summed E-state index contributed by atoms with van der Waals surface area (Å²) in [5.74, 6) is 0.912. The van der Waals surface area contributed by atoms with E-state index in [9.17, 15) is 4.39 Å². The van der Waals surface area contributed by atoms with Gasteiger partial charge in [-0.25, -0.2) is 0 Å². The van der Waals surface area contributed by atoms with E-state index in [2.05, 4.69) is 52.7 Å². The molecule has 2 aromatic rings. The summed E-state index contributed by atoms with van der Waals surface area (Å²) in [6, 6.07) is 15.1. The fourth-order valence-corrected chi connectivity index (χ4v) is 5.63. The summed E-state index contributed by atoms with van der Waals surface area (Å²) in [7, 11) is 0. The standard InChI is InChI=1S/C29H36FN3O/c30-14-2-17-33-18-13-26(20-33)34-25-8-5-22(6-9-25)29-27(21-11-15-32-16-12-21)4-1-3-23-19-24(31)7-10-28(23)29/h5-11,19,26,32H,1-4,12-18,20,31H2. The van der Waals surface area contributed by atoms with Crippen molar-refractivity contribution in [2.75, 3.05) is 45.1 Å². The third-order valence-corrected chi connectivity index (χ3v) is 7.31. The number of nitrogens with one attached hydrogen (secondary N) is 1. The number of rotatable bonds is 7. The maximum Gasteiger partial charge on any atom is 0.119 e. The van der Waals surface area contributed by atoms with Gasteiger partial charge in [-0.15, -0.1) is 0 Å². The molecule has 0 amide bonds. The minimum Gasteiger partial charge on any atom is -0.489 e. The maximum atomic E-state index is 12.5. The van der Waals surface area contributed by atoms with Gasteiger partial charge in [0.05, 0.1) is 6.67 Å². The van der Waals surface area contributed by atoms with Crippen molar-refractivity contribution >= 4 is 11.3 Å². The molecule has 3 aliphatic rings. The third kappa shape index (κ3) is 5.21. The van der Waals surface area contributed by atoms with Crippen LogP contribution in [-0.2, 0) is 6.42 Å². The highest BCUT2D eigenvalue weighted by Gasteiger charge is 2.25. The summed E-state index contributed by atoms with van der Waals surface area (Å²) in [6.07, 6.45) is 8.52. The molecule has 2 aromatic carbocycles. The Morgan fingerprint density at radius 3 is 2.76 bits per heavy atom. The second kappa shape index (κ2) is 10.7. The average molecular weight is 462 g/mol. The first-order valence-corrected chi connectivity index (χ1v) is 12.8. The lowest BCUT2D eigenvalue weighted by atomic mass is 9.86. The van der Waals surface area contributed by atoms with Crippen molar-refractivity contribution in [1.82, 2.24) is 10.2 Å². The molecule has 0 saturated carbocycles. The van der Waals surface area contributed by atoms with Gasteiger partial charge in [0, 0.05) is 31.9 Å². The molecule has 3 N–H and O–H groups in total. The second-order valence-electron chi connectivity index (χ2n) is 9.70. The Morgan fingerprint density at radius 1 is 1.09 bits per heavy atom. The average Bonchev–Trinajstić information content (AvgIpc) is 3.22. The highest BCUT2D eigenvalue weighted by molar-refractivity contribution is 5.87. The Hall–Kier alpha value is -2.63. The number of aryl methyl sites for hydroxylation is 1. The van der Waals surface area contributed by atoms with E-state index in [1.54, 1.807) is 0 Å². The van der Waals surface area contributed by atoms with E-state index in [-0.39, 0.29) is 12.8 Å². The predicted molar refractivity (Wildman–Crippen MR) is 138 cm³/mol. The Morgan fingerprint density at radius 2 is 1.97 bits per heavy atom. The topological polar surface area (TPSA) is 50.5 Å². The number of likely N-dealkylation sites (tertiary alicyclic amines) is 1. The molecule has 34 heavy (non-hydrogen) atoms. The van der Waals surface area contributed by atoms with Crippen LogP contribution in [0, 0.1) is 0 Å². The molecule has 1 aliphatic carbocycles. The van der Waals surface area contributed by atoms with Gasteiger partial charge in [0.15, 0.2) is 0 Å². The molecule has 1 unspecified atom stereocenters. The number of nitrogen functional groups attached to an aromatic ring is 1. The number of anilines is 1. The summed E-state index contributed by atoms with van der Waals surface area (Å²) < 4.78 is 18.8. The highest BCUT2D eigenvalue weighted by Crippen LogP contribution is 2.40. The third-order valence-electron chi connectivity index (χ3n) is 7.31. The maximum absolute atomic E-state index is 12.5. The first-order chi connectivity index (χ1) is 16.7. The molecule has 0 bridgehead atoms. The van der Waals surface area contributed by atoms with E-state index in [4.69, 9.17) is 10.5 Å². The molecule has 1 fully saturated rings. The van der Waals surface area contributed by atoms with E-state index in [0.717, 1.165) is 76.3 Å². The van der Waals surface area contributed by atoms with Crippen molar-refractivity contribution in [1.29, 1.82) is 0 Å². The van der Waals surface area contributed by atoms with Gasteiger partial charge in [0.25, 0.3) is 0 Å². The van der Waals surface area contributed by atoms with Crippen LogP contribution in [0.1, 0.15) is 48.8 Å². The van der Waals surface area contributed by atoms with Gasteiger partial charge >= 0.3 is 0 Å². The van der Waals surface area contributed by atoms with E-state index in [0.29, 0.717) is 6.42 Å². The first-order valence-electron chi connectivity index (χ1n) is 12.8. The zero-order valence-electron chi connectivity index (χ0n) is 20.0. The van der Waals surface area contributed by atoms with Crippen molar-refractivity contribution in [2.45, 2.75) is 44.6 Å². The van der Waals surface area contributed by atoms with Crippen molar-refractivity contribution in [2.24, 2.45) is 0 Å². The Balaban J connectivity index is 1.43. The number of hydrogen-bond acceptors (Lipinski definition) is 4. The monoisotopic (exact) mass is 461 g/mol. The van der Waals surface area contributed by atoms with E-state index in [1.807, 2.05) is 6.07 Å². The van der Waals surface area contributed by atoms with Gasteiger partial charge in [-0.05, 0) is 103 Å². The molecular formula is C29H36FN3O. The normalized spacial score (nSPS) is 21.2. The lowest BCUT2D eigenvalue weighted by molar-refractivity contribution is 0.198. The van der Waals surface area contributed by atoms with E-state index < -0.39 is 0 Å². The van der Waals surface area contributed by atoms with Crippen molar-refractivity contribution in [3.63, 3.8) is 0 Å². The molecule has 0 radical (unpaired) electrons. The van der Waals surface area contributed by atoms with Gasteiger partial charge in [-0.3, -0.25) is 9.29 Å². The van der Waals surface area contributed by atoms with Crippen LogP contribution in [0.25, 0.3) is 5.57 Å². The first kappa shape index (κ1) is 23.1. The van der Waals surface area contributed by atoms with Crippen LogP contribution in [0.4, 0.5) is 10.1 Å². The number of alkyl halides is 1. The number of halogens is 1. The summed E-state index contributed by atoms with van der Waals surface area (Å²) >= 11 is 0. The van der Waals surface area contributed by atoms with Crippen LogP contribution in [-0.4, -0.2) is 50.4 Å². The number of benzene rings is 2. The van der Waals surface area contributed by atoms with Crippen molar-refractivity contribution in [3.8, 4) is 5.75 Å². The predicted octanol–water partition coefficient (Wildman–Crippen LogP) is 5.14. The molecule has 2 heterocycles. The second-order valence-corrected chi connectivity index (χ2v) is 9.70. The minimum absolute atomic E-state index is 0.182.